The van der Waals surface area contributed by atoms with E-state index in [9.17, 15) is 0 Å². The van der Waals surface area contributed by atoms with Crippen LogP contribution in [0.5, 0.6) is 0 Å². The molecule has 0 saturated carbocycles. The second kappa shape index (κ2) is 7.44. The van der Waals surface area contributed by atoms with Gasteiger partial charge in [0.05, 0.1) is 5.70 Å². The topological polar surface area (TPSA) is 24.4 Å². The summed E-state index contributed by atoms with van der Waals surface area (Å²) in [5, 5.41) is 3.77. The Morgan fingerprint density at radius 1 is 1.35 bits per heavy atom. The SMILES string of the molecule is CC=C(N=CC(C)C)c1cc(C)cc(C2(C)CCC(C)CN2)c1. The van der Waals surface area contributed by atoms with E-state index < -0.39 is 0 Å². The molecule has 2 nitrogen and oxygen atoms in total. The Morgan fingerprint density at radius 2 is 2.09 bits per heavy atom. The number of nitrogens with one attached hydrogen (secondary N) is 1. The highest BCUT2D eigenvalue weighted by atomic mass is 15.0. The largest absolute Gasteiger partial charge is 0.307 e. The summed E-state index contributed by atoms with van der Waals surface area (Å²) < 4.78 is 0. The summed E-state index contributed by atoms with van der Waals surface area (Å²) in [5.41, 5.74) is 5.06. The number of aryl methyl sites for hydroxylation is 1. The Hall–Kier alpha value is -1.41. The average molecular weight is 313 g/mol. The van der Waals surface area contributed by atoms with Crippen molar-refractivity contribution in [1.82, 2.24) is 5.32 Å². The lowest BCUT2D eigenvalue weighted by Crippen LogP contribution is -2.46. The molecule has 1 N–H and O–H groups in total. The maximum absolute atomic E-state index is 4.69. The molecule has 0 aliphatic carbocycles. The molecule has 1 aliphatic rings. The average Bonchev–Trinajstić information content (AvgIpc) is 2.50. The van der Waals surface area contributed by atoms with Crippen LogP contribution in [0, 0.1) is 18.8 Å². The van der Waals surface area contributed by atoms with Crippen LogP contribution in [0.25, 0.3) is 5.70 Å². The predicted octanol–water partition coefficient (Wildman–Crippen LogP) is 5.32. The van der Waals surface area contributed by atoms with E-state index in [-0.39, 0.29) is 5.54 Å². The zero-order valence-electron chi connectivity index (χ0n) is 15.6. The van der Waals surface area contributed by atoms with E-state index >= 15 is 0 Å². The van der Waals surface area contributed by atoms with Crippen molar-refractivity contribution in [3.8, 4) is 0 Å². The van der Waals surface area contributed by atoms with E-state index in [1.165, 1.54) is 29.5 Å². The van der Waals surface area contributed by atoms with Crippen molar-refractivity contribution in [3.05, 3.63) is 41.0 Å². The molecular formula is C21H32N2. The van der Waals surface area contributed by atoms with Gasteiger partial charge in [-0.25, -0.2) is 0 Å². The molecule has 1 heterocycles. The Bertz CT molecular complexity index is 588. The minimum Gasteiger partial charge on any atom is -0.307 e. The van der Waals surface area contributed by atoms with Gasteiger partial charge >= 0.3 is 0 Å². The normalized spacial score (nSPS) is 26.2. The highest BCUT2D eigenvalue weighted by Crippen LogP contribution is 2.34. The zero-order chi connectivity index (χ0) is 17.0. The number of nitrogens with zero attached hydrogens (tertiary/aromatic N) is 1. The van der Waals surface area contributed by atoms with E-state index in [1.54, 1.807) is 0 Å². The molecule has 1 saturated heterocycles. The summed E-state index contributed by atoms with van der Waals surface area (Å²) in [5.74, 6) is 1.24. The van der Waals surface area contributed by atoms with E-state index in [1.807, 2.05) is 6.21 Å². The predicted molar refractivity (Wildman–Crippen MR) is 102 cm³/mol. The van der Waals surface area contributed by atoms with Crippen molar-refractivity contribution >= 4 is 11.9 Å². The lowest BCUT2D eigenvalue weighted by molar-refractivity contribution is 0.235. The van der Waals surface area contributed by atoms with Crippen LogP contribution < -0.4 is 5.32 Å². The molecule has 1 aromatic rings. The fraction of sp³-hybridized carbons (Fsp3) is 0.571. The van der Waals surface area contributed by atoms with Crippen molar-refractivity contribution in [3.63, 3.8) is 0 Å². The Kier molecular flexibility index (Phi) is 5.80. The lowest BCUT2D eigenvalue weighted by Gasteiger charge is -2.38. The Labute approximate surface area is 142 Å². The van der Waals surface area contributed by atoms with Gasteiger partial charge in [0, 0.05) is 17.3 Å². The van der Waals surface area contributed by atoms with E-state index in [4.69, 9.17) is 0 Å². The first kappa shape index (κ1) is 17.9. The van der Waals surface area contributed by atoms with Crippen LogP contribution >= 0.6 is 0 Å². The second-order valence-electron chi connectivity index (χ2n) is 7.64. The minimum absolute atomic E-state index is 0.0773. The number of allylic oxidation sites excluding steroid dienone is 1. The summed E-state index contributed by atoms with van der Waals surface area (Å²) in [6, 6.07) is 6.89. The molecule has 2 rings (SSSR count). The van der Waals surface area contributed by atoms with Gasteiger partial charge in [-0.15, -0.1) is 0 Å². The highest BCUT2D eigenvalue weighted by molar-refractivity contribution is 5.75. The van der Waals surface area contributed by atoms with Gasteiger partial charge < -0.3 is 5.32 Å². The maximum atomic E-state index is 4.69. The Balaban J connectivity index is 2.35. The smallest absolute Gasteiger partial charge is 0.0655 e. The molecule has 0 aromatic heterocycles. The van der Waals surface area contributed by atoms with Crippen LogP contribution in [0.4, 0.5) is 0 Å². The van der Waals surface area contributed by atoms with Gasteiger partial charge in [0.25, 0.3) is 0 Å². The van der Waals surface area contributed by atoms with Gasteiger partial charge in [-0.05, 0) is 69.7 Å². The first-order valence-electron chi connectivity index (χ1n) is 8.92. The van der Waals surface area contributed by atoms with Crippen LogP contribution in [0.1, 0.15) is 64.2 Å². The van der Waals surface area contributed by atoms with Gasteiger partial charge in [0.1, 0.15) is 0 Å². The number of aliphatic imine (C=N–C) groups is 1. The van der Waals surface area contributed by atoms with Crippen molar-refractivity contribution < 1.29 is 0 Å². The van der Waals surface area contributed by atoms with Crippen LogP contribution in [0.3, 0.4) is 0 Å². The summed E-state index contributed by atoms with van der Waals surface area (Å²) in [6.45, 7) is 14.3. The molecule has 0 bridgehead atoms. The molecule has 2 heteroatoms. The second-order valence-corrected chi connectivity index (χ2v) is 7.64. The molecule has 2 atom stereocenters. The first-order valence-corrected chi connectivity index (χ1v) is 8.92. The molecular weight excluding hydrogens is 280 g/mol. The summed E-state index contributed by atoms with van der Waals surface area (Å²) >= 11 is 0. The number of hydrogen-bond donors (Lipinski definition) is 1. The van der Waals surface area contributed by atoms with Crippen molar-refractivity contribution in [1.29, 1.82) is 0 Å². The molecule has 0 amide bonds. The van der Waals surface area contributed by atoms with Gasteiger partial charge in [-0.3, -0.25) is 4.99 Å². The Morgan fingerprint density at radius 3 is 2.65 bits per heavy atom. The molecule has 2 unspecified atom stereocenters. The van der Waals surface area contributed by atoms with Crippen LogP contribution in [0.2, 0.25) is 0 Å². The van der Waals surface area contributed by atoms with E-state index in [2.05, 4.69) is 76.1 Å². The molecule has 1 aliphatic heterocycles. The molecule has 1 aromatic carbocycles. The quantitative estimate of drug-likeness (QED) is 0.748. The van der Waals surface area contributed by atoms with Gasteiger partial charge in [-0.1, -0.05) is 38.5 Å². The summed E-state index contributed by atoms with van der Waals surface area (Å²) in [7, 11) is 0. The number of hydrogen-bond acceptors (Lipinski definition) is 2. The van der Waals surface area contributed by atoms with Crippen molar-refractivity contribution in [2.75, 3.05) is 6.54 Å². The van der Waals surface area contributed by atoms with E-state index in [0.717, 1.165) is 18.2 Å². The summed E-state index contributed by atoms with van der Waals surface area (Å²) in [4.78, 5) is 4.69. The fourth-order valence-corrected chi connectivity index (χ4v) is 3.17. The van der Waals surface area contributed by atoms with Crippen LogP contribution in [-0.2, 0) is 5.54 Å². The maximum Gasteiger partial charge on any atom is 0.0655 e. The monoisotopic (exact) mass is 312 g/mol. The summed E-state index contributed by atoms with van der Waals surface area (Å²) in [6.07, 6.45) is 6.61. The van der Waals surface area contributed by atoms with Crippen molar-refractivity contribution in [2.24, 2.45) is 16.8 Å². The van der Waals surface area contributed by atoms with Gasteiger partial charge in [-0.2, -0.15) is 0 Å². The standard InChI is InChI=1S/C21H32N2/c1-7-20(22-13-15(2)3)18-10-17(5)11-19(12-18)21(6)9-8-16(4)14-23-21/h7,10-13,15-16,23H,8-9,14H2,1-6H3. The number of rotatable bonds is 4. The van der Waals surface area contributed by atoms with Gasteiger partial charge in [0.15, 0.2) is 0 Å². The molecule has 0 spiro atoms. The molecule has 23 heavy (non-hydrogen) atoms. The lowest BCUT2D eigenvalue weighted by atomic mass is 9.80. The van der Waals surface area contributed by atoms with Crippen LogP contribution in [0.15, 0.2) is 29.3 Å². The molecule has 0 radical (unpaired) electrons. The fourth-order valence-electron chi connectivity index (χ4n) is 3.17. The third-order valence-electron chi connectivity index (χ3n) is 4.77. The van der Waals surface area contributed by atoms with Crippen molar-refractivity contribution in [2.45, 2.75) is 59.9 Å². The third kappa shape index (κ3) is 4.54. The zero-order valence-corrected chi connectivity index (χ0v) is 15.6. The third-order valence-corrected chi connectivity index (χ3v) is 4.77. The van der Waals surface area contributed by atoms with Crippen LogP contribution in [-0.4, -0.2) is 12.8 Å². The number of benzene rings is 1. The highest BCUT2D eigenvalue weighted by Gasteiger charge is 2.31. The molecule has 126 valence electrons. The molecule has 1 fully saturated rings. The van der Waals surface area contributed by atoms with Gasteiger partial charge in [0.2, 0.25) is 0 Å². The minimum atomic E-state index is 0.0773. The number of piperidine rings is 1. The van der Waals surface area contributed by atoms with E-state index in [0.29, 0.717) is 5.92 Å². The first-order chi connectivity index (χ1) is 10.8.